The van der Waals surface area contributed by atoms with Crippen molar-refractivity contribution in [3.05, 3.63) is 10.1 Å². The summed E-state index contributed by atoms with van der Waals surface area (Å²) in [4.78, 5) is 8.94. The van der Waals surface area contributed by atoms with Crippen LogP contribution in [-0.4, -0.2) is 10.5 Å². The Kier molecular flexibility index (Phi) is 21.2. The summed E-state index contributed by atoms with van der Waals surface area (Å²) < 4.78 is 0. The number of nitrogens with two attached hydrogens (primary N) is 1. The molecule has 0 aromatic heterocycles. The molecule has 6 nitrogen and oxygen atoms in total. The van der Waals surface area contributed by atoms with Crippen LogP contribution in [0.25, 0.3) is 0 Å². The second-order valence-corrected chi connectivity index (χ2v) is 0.386. The van der Waals surface area contributed by atoms with Gasteiger partial charge in [0.05, 0.1) is 0 Å². The van der Waals surface area contributed by atoms with E-state index in [1.54, 1.807) is 0 Å². The molecule has 7 heteroatoms. The van der Waals surface area contributed by atoms with E-state index in [9.17, 15) is 0 Å². The van der Waals surface area contributed by atoms with E-state index in [-0.39, 0.29) is 35.0 Å². The molecule has 0 aromatic carbocycles. The summed E-state index contributed by atoms with van der Waals surface area (Å²) in [6.45, 7) is 0. The fourth-order valence-electron chi connectivity index (χ4n) is 0. The summed E-state index contributed by atoms with van der Waals surface area (Å²) in [6.07, 6.45) is 0. The van der Waals surface area contributed by atoms with Crippen molar-refractivity contribution in [3.8, 4) is 0 Å². The Bertz CT molecular complexity index is 45.4. The third-order valence-electron chi connectivity index (χ3n) is 0.105. The summed E-state index contributed by atoms with van der Waals surface area (Å²) in [5.74, 6) is 4.22. The van der Waals surface area contributed by atoms with Crippen molar-refractivity contribution in [2.24, 2.45) is 5.84 Å². The van der Waals surface area contributed by atoms with Crippen LogP contribution >= 0.6 is 0 Å². The molecule has 0 unspecified atom stereocenters. The Morgan fingerprint density at radius 2 is 1.86 bits per heavy atom. The zero-order valence-corrected chi connectivity index (χ0v) is 5.79. The third kappa shape index (κ3) is 23.1. The number of nitrogens with zero attached hydrogens (tertiary/aromatic N) is 1. The predicted molar refractivity (Wildman–Crippen MR) is 16.3 cm³/mol. The maximum atomic E-state index is 8.94. The van der Waals surface area contributed by atoms with Crippen molar-refractivity contribution in [1.29, 1.82) is 0 Å². The molecule has 0 aliphatic carbocycles. The van der Waals surface area contributed by atoms with E-state index >= 15 is 0 Å². The predicted octanol–water partition coefficient (Wildman–Crippen LogP) is -4.53. The number of nitrogens with one attached hydrogen (secondary N) is 1. The van der Waals surface area contributed by atoms with E-state index in [1.165, 1.54) is 5.53 Å². The summed E-state index contributed by atoms with van der Waals surface area (Å²) in [5.41, 5.74) is 1.25. The molecule has 0 aliphatic heterocycles. The van der Waals surface area contributed by atoms with Gasteiger partial charge in [-0.25, -0.2) is 10.1 Å². The van der Waals surface area contributed by atoms with Crippen molar-refractivity contribution >= 4 is 0 Å². The molecule has 0 amide bonds. The standard InChI is InChI=1S/H3N3O2.Na.H2O/c1-2-3(4)5;;/h2H,1H2;;1H2/q;+1;/p-1. The molecule has 0 saturated heterocycles. The smallest absolute Gasteiger partial charge is 0.870 e. The molecular weight excluding hydrogens is 113 g/mol. The molecule has 0 bridgehead atoms. The third-order valence-corrected chi connectivity index (χ3v) is 0.105. The number of hydrazine groups is 2. The maximum absolute atomic E-state index is 8.94. The normalized spacial score (nSPS) is 4.71. The largest absolute Gasteiger partial charge is 1.00 e. The van der Waals surface area contributed by atoms with Crippen molar-refractivity contribution in [3.63, 3.8) is 0 Å². The van der Waals surface area contributed by atoms with Crippen LogP contribution in [0, 0.1) is 10.1 Å². The molecule has 0 saturated carbocycles. The van der Waals surface area contributed by atoms with E-state index in [2.05, 4.69) is 5.84 Å². The first-order chi connectivity index (χ1) is 2.27. The second kappa shape index (κ2) is 9.45. The summed E-state index contributed by atoms with van der Waals surface area (Å²) >= 11 is 0. The summed E-state index contributed by atoms with van der Waals surface area (Å²) in [6, 6.07) is 0. The molecule has 0 rings (SSSR count). The molecule has 0 fully saturated rings. The molecule has 38 valence electrons. The van der Waals surface area contributed by atoms with Gasteiger partial charge in [0.1, 0.15) is 0 Å². The van der Waals surface area contributed by atoms with Crippen LogP contribution in [0.5, 0.6) is 0 Å². The number of rotatable bonds is 1. The van der Waals surface area contributed by atoms with Crippen LogP contribution in [0.1, 0.15) is 0 Å². The number of hydrogen-bond acceptors (Lipinski definition) is 4. The van der Waals surface area contributed by atoms with Gasteiger partial charge in [-0.15, -0.1) is 0 Å². The van der Waals surface area contributed by atoms with Crippen LogP contribution in [-0.2, 0) is 0 Å². The van der Waals surface area contributed by atoms with Crippen LogP contribution in [0.4, 0.5) is 0 Å². The van der Waals surface area contributed by atoms with E-state index in [0.29, 0.717) is 0 Å². The Morgan fingerprint density at radius 1 is 1.71 bits per heavy atom. The van der Waals surface area contributed by atoms with Crippen molar-refractivity contribution < 1.29 is 40.1 Å². The average molecular weight is 117 g/mol. The topological polar surface area (TPSA) is 111 Å². The molecule has 0 aliphatic rings. The summed E-state index contributed by atoms with van der Waals surface area (Å²) in [7, 11) is 0. The Morgan fingerprint density at radius 3 is 1.86 bits per heavy atom. The molecule has 0 atom stereocenters. The van der Waals surface area contributed by atoms with Gasteiger partial charge in [-0.2, -0.15) is 5.84 Å². The molecular formula is H4N3NaO3. The fraction of sp³-hybridized carbons (Fsp3) is 0. The summed E-state index contributed by atoms with van der Waals surface area (Å²) in [5, 5.41) is 8.09. The van der Waals surface area contributed by atoms with Crippen LogP contribution in [0.3, 0.4) is 0 Å². The van der Waals surface area contributed by atoms with Gasteiger partial charge >= 0.3 is 29.6 Å². The van der Waals surface area contributed by atoms with Gasteiger partial charge in [-0.05, 0) is 0 Å². The molecule has 0 aromatic rings. The van der Waals surface area contributed by atoms with Gasteiger partial charge in [0.25, 0.3) is 0 Å². The van der Waals surface area contributed by atoms with E-state index in [1.807, 2.05) is 0 Å². The monoisotopic (exact) mass is 117 g/mol. The molecule has 7 heavy (non-hydrogen) atoms. The first kappa shape index (κ1) is 15.7. The molecule has 0 spiro atoms. The quantitative estimate of drug-likeness (QED) is 0.155. The maximum Gasteiger partial charge on any atom is 1.00 e. The van der Waals surface area contributed by atoms with E-state index < -0.39 is 5.03 Å². The minimum absolute atomic E-state index is 0. The number of nitro groups is 1. The zero-order valence-electron chi connectivity index (χ0n) is 3.79. The van der Waals surface area contributed by atoms with Gasteiger partial charge in [-0.1, -0.05) is 5.53 Å². The Hall–Kier alpha value is 0.120. The first-order valence-electron chi connectivity index (χ1n) is 0.877. The number of hydrogen-bond donors (Lipinski definition) is 2. The SMILES string of the molecule is NN[N+](=O)[O-].[Na+].[OH-]. The fourth-order valence-corrected chi connectivity index (χ4v) is 0. The first-order valence-corrected chi connectivity index (χ1v) is 0.877. The van der Waals surface area contributed by atoms with Crippen molar-refractivity contribution in [2.75, 3.05) is 0 Å². The Labute approximate surface area is 61.8 Å². The Balaban J connectivity index is -0.0000000800. The average Bonchev–Trinajstić information content (AvgIpc) is 1.38. The minimum atomic E-state index is -0.847. The van der Waals surface area contributed by atoms with Gasteiger partial charge < -0.3 is 5.48 Å². The van der Waals surface area contributed by atoms with Crippen molar-refractivity contribution in [2.45, 2.75) is 0 Å². The van der Waals surface area contributed by atoms with Crippen LogP contribution in [0.15, 0.2) is 0 Å². The molecule has 4 N–H and O–H groups in total. The van der Waals surface area contributed by atoms with Gasteiger partial charge in [0.2, 0.25) is 0 Å². The van der Waals surface area contributed by atoms with Crippen molar-refractivity contribution in [1.82, 2.24) is 5.53 Å². The van der Waals surface area contributed by atoms with Gasteiger partial charge in [0.15, 0.2) is 5.03 Å². The molecule has 0 radical (unpaired) electrons. The van der Waals surface area contributed by atoms with E-state index in [4.69, 9.17) is 10.1 Å². The van der Waals surface area contributed by atoms with Gasteiger partial charge in [-0.3, -0.25) is 0 Å². The van der Waals surface area contributed by atoms with Crippen LogP contribution in [0.2, 0.25) is 0 Å². The van der Waals surface area contributed by atoms with Crippen LogP contribution < -0.4 is 40.9 Å². The zero-order chi connectivity index (χ0) is 4.28. The van der Waals surface area contributed by atoms with Gasteiger partial charge in [0, 0.05) is 0 Å². The minimum Gasteiger partial charge on any atom is -0.870 e. The second-order valence-electron chi connectivity index (χ2n) is 0.386. The molecule has 0 heterocycles. The van der Waals surface area contributed by atoms with E-state index in [0.717, 1.165) is 0 Å².